The highest BCUT2D eigenvalue weighted by Crippen LogP contribution is 2.27. The zero-order valence-corrected chi connectivity index (χ0v) is 12.1. The highest BCUT2D eigenvalue weighted by atomic mass is 32.1. The van der Waals surface area contributed by atoms with E-state index in [0.717, 1.165) is 12.2 Å². The molecule has 2 aromatic heterocycles. The molecule has 0 aromatic carbocycles. The second-order valence-electron chi connectivity index (χ2n) is 5.21. The predicted molar refractivity (Wildman–Crippen MR) is 78.3 cm³/mol. The molecule has 19 heavy (non-hydrogen) atoms. The van der Waals surface area contributed by atoms with Gasteiger partial charge in [0.25, 0.3) is 0 Å². The van der Waals surface area contributed by atoms with Gasteiger partial charge in [-0.3, -0.25) is 14.9 Å². The molecular weight excluding hydrogens is 254 g/mol. The second-order valence-corrected chi connectivity index (χ2v) is 6.21. The molecule has 100 valence electrons. The first-order valence-electron chi connectivity index (χ1n) is 6.84. The molecular formula is C15H19N3S. The first kappa shape index (κ1) is 12.8. The fourth-order valence-electron chi connectivity index (χ4n) is 2.68. The summed E-state index contributed by atoms with van der Waals surface area (Å²) in [4.78, 5) is 12.7. The first-order valence-corrected chi connectivity index (χ1v) is 7.72. The maximum atomic E-state index is 4.44. The fourth-order valence-corrected chi connectivity index (χ4v) is 3.62. The van der Waals surface area contributed by atoms with Crippen LogP contribution in [0.4, 0.5) is 0 Å². The lowest BCUT2D eigenvalue weighted by molar-refractivity contribution is 0.204. The Hall–Kier alpha value is -1.26. The Morgan fingerprint density at radius 3 is 2.79 bits per heavy atom. The maximum absolute atomic E-state index is 4.44. The van der Waals surface area contributed by atoms with Gasteiger partial charge in [0, 0.05) is 35.9 Å². The second kappa shape index (κ2) is 5.80. The average Bonchev–Trinajstić information content (AvgIpc) is 2.86. The third kappa shape index (κ3) is 3.01. The van der Waals surface area contributed by atoms with Crippen molar-refractivity contribution in [2.75, 3.05) is 13.1 Å². The zero-order chi connectivity index (χ0) is 13.1. The largest absolute Gasteiger partial charge is 0.298 e. The van der Waals surface area contributed by atoms with Crippen molar-refractivity contribution < 1.29 is 0 Å². The number of aryl methyl sites for hydroxylation is 1. The van der Waals surface area contributed by atoms with Gasteiger partial charge in [0.2, 0.25) is 0 Å². The predicted octanol–water partition coefficient (Wildman–Crippen LogP) is 3.23. The Morgan fingerprint density at radius 2 is 2.16 bits per heavy atom. The van der Waals surface area contributed by atoms with Gasteiger partial charge < -0.3 is 0 Å². The summed E-state index contributed by atoms with van der Waals surface area (Å²) in [5.74, 6) is 0.592. The van der Waals surface area contributed by atoms with E-state index in [4.69, 9.17) is 0 Å². The van der Waals surface area contributed by atoms with Gasteiger partial charge in [0.15, 0.2) is 0 Å². The molecule has 0 unspecified atom stereocenters. The van der Waals surface area contributed by atoms with Crippen LogP contribution in [-0.2, 0) is 6.54 Å². The minimum absolute atomic E-state index is 0.592. The molecule has 0 amide bonds. The zero-order valence-electron chi connectivity index (χ0n) is 11.2. The molecule has 1 aliphatic rings. The normalized spacial score (nSPS) is 17.7. The number of nitrogens with zero attached hydrogens (tertiary/aromatic N) is 3. The van der Waals surface area contributed by atoms with Crippen LogP contribution in [0.15, 0.2) is 30.0 Å². The van der Waals surface area contributed by atoms with Crippen LogP contribution in [0.1, 0.15) is 34.9 Å². The van der Waals surface area contributed by atoms with Crippen molar-refractivity contribution in [2.45, 2.75) is 32.2 Å². The number of aromatic nitrogens is 2. The van der Waals surface area contributed by atoms with Gasteiger partial charge in [-0.2, -0.15) is 0 Å². The summed E-state index contributed by atoms with van der Waals surface area (Å²) >= 11 is 1.88. The third-order valence-corrected chi connectivity index (χ3v) is 4.93. The van der Waals surface area contributed by atoms with E-state index in [9.17, 15) is 0 Å². The first-order chi connectivity index (χ1) is 9.33. The topological polar surface area (TPSA) is 29.0 Å². The molecule has 0 N–H and O–H groups in total. The Morgan fingerprint density at radius 1 is 1.32 bits per heavy atom. The number of hydrogen-bond acceptors (Lipinski definition) is 4. The average molecular weight is 273 g/mol. The monoisotopic (exact) mass is 273 g/mol. The lowest BCUT2D eigenvalue weighted by Gasteiger charge is -2.31. The van der Waals surface area contributed by atoms with E-state index in [1.807, 2.05) is 17.5 Å². The van der Waals surface area contributed by atoms with Crippen molar-refractivity contribution in [3.05, 3.63) is 46.2 Å². The van der Waals surface area contributed by atoms with Crippen LogP contribution in [0.2, 0.25) is 0 Å². The summed E-state index contributed by atoms with van der Waals surface area (Å²) in [6, 6.07) is 2.21. The van der Waals surface area contributed by atoms with Crippen molar-refractivity contribution in [3.63, 3.8) is 0 Å². The van der Waals surface area contributed by atoms with E-state index in [-0.39, 0.29) is 0 Å². The number of hydrogen-bond donors (Lipinski definition) is 0. The van der Waals surface area contributed by atoms with E-state index in [0.29, 0.717) is 5.92 Å². The maximum Gasteiger partial charge on any atom is 0.0618 e. The molecule has 0 bridgehead atoms. The summed E-state index contributed by atoms with van der Waals surface area (Å²) < 4.78 is 0. The standard InChI is InChI=1S/C15H19N3S/c1-12-4-9-19-15(12)11-18-7-2-13(3-8-18)14-10-16-5-6-17-14/h4-6,9-10,13H,2-3,7-8,11H2,1H3. The van der Waals surface area contributed by atoms with Gasteiger partial charge in [-0.15, -0.1) is 11.3 Å². The van der Waals surface area contributed by atoms with Gasteiger partial charge in [0.1, 0.15) is 0 Å². The van der Waals surface area contributed by atoms with Gasteiger partial charge in [-0.05, 0) is 49.9 Å². The summed E-state index contributed by atoms with van der Waals surface area (Å²) in [6.07, 6.45) is 7.87. The molecule has 1 aliphatic heterocycles. The minimum Gasteiger partial charge on any atom is -0.298 e. The molecule has 0 saturated carbocycles. The number of thiophene rings is 1. The highest BCUT2D eigenvalue weighted by molar-refractivity contribution is 7.10. The van der Waals surface area contributed by atoms with Crippen molar-refractivity contribution in [2.24, 2.45) is 0 Å². The third-order valence-electron chi connectivity index (χ3n) is 3.92. The SMILES string of the molecule is Cc1ccsc1CN1CCC(c2cnccn2)CC1. The van der Waals surface area contributed by atoms with E-state index < -0.39 is 0 Å². The summed E-state index contributed by atoms with van der Waals surface area (Å²) in [6.45, 7) is 5.64. The number of likely N-dealkylation sites (tertiary alicyclic amines) is 1. The van der Waals surface area contributed by atoms with Crippen molar-refractivity contribution >= 4 is 11.3 Å². The van der Waals surface area contributed by atoms with E-state index in [1.54, 1.807) is 12.4 Å². The van der Waals surface area contributed by atoms with Gasteiger partial charge in [-0.25, -0.2) is 0 Å². The molecule has 0 spiro atoms. The lowest BCUT2D eigenvalue weighted by Crippen LogP contribution is -2.32. The summed E-state index contributed by atoms with van der Waals surface area (Å²) in [5.41, 5.74) is 2.59. The molecule has 1 fully saturated rings. The quantitative estimate of drug-likeness (QED) is 0.859. The van der Waals surface area contributed by atoms with Crippen LogP contribution >= 0.6 is 11.3 Å². The molecule has 2 aromatic rings. The van der Waals surface area contributed by atoms with Crippen LogP contribution in [0, 0.1) is 6.92 Å². The molecule has 0 radical (unpaired) electrons. The fraction of sp³-hybridized carbons (Fsp3) is 0.467. The highest BCUT2D eigenvalue weighted by Gasteiger charge is 2.22. The molecule has 0 aliphatic carbocycles. The van der Waals surface area contributed by atoms with Crippen molar-refractivity contribution in [3.8, 4) is 0 Å². The summed E-state index contributed by atoms with van der Waals surface area (Å²) in [7, 11) is 0. The number of piperidine rings is 1. The Kier molecular flexibility index (Phi) is 3.89. The Balaban J connectivity index is 1.57. The number of rotatable bonds is 3. The van der Waals surface area contributed by atoms with Crippen LogP contribution in [0.3, 0.4) is 0 Å². The Labute approximate surface area is 118 Å². The smallest absolute Gasteiger partial charge is 0.0618 e. The van der Waals surface area contributed by atoms with Gasteiger partial charge in [0.05, 0.1) is 5.69 Å². The molecule has 3 heterocycles. The van der Waals surface area contributed by atoms with Crippen molar-refractivity contribution in [1.29, 1.82) is 0 Å². The van der Waals surface area contributed by atoms with Gasteiger partial charge in [-0.1, -0.05) is 0 Å². The Bertz CT molecular complexity index is 515. The van der Waals surface area contributed by atoms with Crippen molar-refractivity contribution in [1.82, 2.24) is 14.9 Å². The van der Waals surface area contributed by atoms with Gasteiger partial charge >= 0.3 is 0 Å². The van der Waals surface area contributed by atoms with Crippen LogP contribution in [0.5, 0.6) is 0 Å². The lowest BCUT2D eigenvalue weighted by atomic mass is 9.94. The van der Waals surface area contributed by atoms with E-state index >= 15 is 0 Å². The molecule has 1 saturated heterocycles. The summed E-state index contributed by atoms with van der Waals surface area (Å²) in [5, 5.41) is 2.19. The molecule has 4 heteroatoms. The van der Waals surface area contributed by atoms with Crippen LogP contribution in [-0.4, -0.2) is 28.0 Å². The van der Waals surface area contributed by atoms with Crippen LogP contribution in [0.25, 0.3) is 0 Å². The van der Waals surface area contributed by atoms with E-state index in [1.165, 1.54) is 36.4 Å². The van der Waals surface area contributed by atoms with Crippen LogP contribution < -0.4 is 0 Å². The minimum atomic E-state index is 0.592. The van der Waals surface area contributed by atoms with E-state index in [2.05, 4.69) is 33.2 Å². The molecule has 0 atom stereocenters. The molecule has 3 rings (SSSR count). The molecule has 3 nitrogen and oxygen atoms in total.